The van der Waals surface area contributed by atoms with Crippen LogP contribution in [0.25, 0.3) is 5.70 Å². The van der Waals surface area contributed by atoms with E-state index in [1.807, 2.05) is 30.3 Å². The number of benzene rings is 1. The Balaban J connectivity index is 2.85. The monoisotopic (exact) mass is 177 g/mol. The summed E-state index contributed by atoms with van der Waals surface area (Å²) in [4.78, 5) is 10.8. The lowest BCUT2D eigenvalue weighted by atomic mass is 10.1. The molecule has 0 heterocycles. The van der Waals surface area contributed by atoms with Crippen LogP contribution in [0.5, 0.6) is 0 Å². The van der Waals surface area contributed by atoms with Crippen LogP contribution in [0.15, 0.2) is 36.4 Å². The van der Waals surface area contributed by atoms with Crippen LogP contribution in [0.1, 0.15) is 5.56 Å². The number of methoxy groups -OCH3 is 1. The van der Waals surface area contributed by atoms with Gasteiger partial charge in [-0.1, -0.05) is 30.3 Å². The van der Waals surface area contributed by atoms with Gasteiger partial charge in [0, 0.05) is 11.8 Å². The first kappa shape index (κ1) is 9.32. The van der Waals surface area contributed by atoms with Crippen molar-refractivity contribution in [3.05, 3.63) is 42.0 Å². The molecule has 1 aromatic carbocycles. The molecule has 0 saturated heterocycles. The molecule has 0 aliphatic carbocycles. The minimum Gasteiger partial charge on any atom is -0.466 e. The van der Waals surface area contributed by atoms with Crippen molar-refractivity contribution in [3.63, 3.8) is 0 Å². The fraction of sp³-hybridized carbons (Fsp3) is 0.100. The summed E-state index contributed by atoms with van der Waals surface area (Å²) >= 11 is 0. The van der Waals surface area contributed by atoms with Gasteiger partial charge in [-0.15, -0.1) is 0 Å². The third-order valence-electron chi connectivity index (χ3n) is 1.58. The maximum absolute atomic E-state index is 10.8. The Kier molecular flexibility index (Phi) is 3.09. The molecule has 13 heavy (non-hydrogen) atoms. The molecule has 3 nitrogen and oxygen atoms in total. The van der Waals surface area contributed by atoms with E-state index in [1.165, 1.54) is 13.2 Å². The summed E-state index contributed by atoms with van der Waals surface area (Å²) in [5.41, 5.74) is 6.85. The summed E-state index contributed by atoms with van der Waals surface area (Å²) in [6, 6.07) is 9.25. The molecule has 0 spiro atoms. The van der Waals surface area contributed by atoms with E-state index >= 15 is 0 Å². The lowest BCUT2D eigenvalue weighted by Gasteiger charge is -1.99. The van der Waals surface area contributed by atoms with Gasteiger partial charge in [-0.05, 0) is 5.56 Å². The molecule has 0 radical (unpaired) electrons. The van der Waals surface area contributed by atoms with E-state index in [4.69, 9.17) is 5.73 Å². The predicted octanol–water partition coefficient (Wildman–Crippen LogP) is 1.16. The van der Waals surface area contributed by atoms with Crippen molar-refractivity contribution in [1.29, 1.82) is 0 Å². The van der Waals surface area contributed by atoms with Crippen LogP contribution in [0.3, 0.4) is 0 Å². The van der Waals surface area contributed by atoms with E-state index in [-0.39, 0.29) is 0 Å². The lowest BCUT2D eigenvalue weighted by Crippen LogP contribution is -2.02. The second-order valence-electron chi connectivity index (χ2n) is 2.49. The molecule has 0 aromatic heterocycles. The van der Waals surface area contributed by atoms with Crippen molar-refractivity contribution in [2.45, 2.75) is 0 Å². The fourth-order valence-corrected chi connectivity index (χ4v) is 0.900. The van der Waals surface area contributed by atoms with E-state index in [0.29, 0.717) is 5.70 Å². The van der Waals surface area contributed by atoms with E-state index in [1.54, 1.807) is 0 Å². The number of carbonyl (C=O) groups excluding carboxylic acids is 1. The highest BCUT2D eigenvalue weighted by atomic mass is 16.5. The number of hydrogen-bond acceptors (Lipinski definition) is 3. The summed E-state index contributed by atoms with van der Waals surface area (Å²) in [5, 5.41) is 0. The molecule has 0 aliphatic heterocycles. The number of hydrogen-bond donors (Lipinski definition) is 1. The minimum atomic E-state index is -0.443. The van der Waals surface area contributed by atoms with Crippen molar-refractivity contribution in [2.24, 2.45) is 5.73 Å². The molecule has 68 valence electrons. The van der Waals surface area contributed by atoms with Gasteiger partial charge in [-0.2, -0.15) is 0 Å². The third-order valence-corrected chi connectivity index (χ3v) is 1.58. The SMILES string of the molecule is COC(=O)C=C(N)c1ccccc1. The molecule has 0 saturated carbocycles. The number of ether oxygens (including phenoxy) is 1. The number of rotatable bonds is 2. The van der Waals surface area contributed by atoms with Crippen molar-refractivity contribution in [3.8, 4) is 0 Å². The number of nitrogens with two attached hydrogens (primary N) is 1. The van der Waals surface area contributed by atoms with Gasteiger partial charge in [0.2, 0.25) is 0 Å². The maximum Gasteiger partial charge on any atom is 0.332 e. The number of carbonyl (C=O) groups is 1. The molecular weight excluding hydrogens is 166 g/mol. The Morgan fingerprint density at radius 1 is 1.38 bits per heavy atom. The zero-order chi connectivity index (χ0) is 9.68. The second kappa shape index (κ2) is 4.30. The molecule has 3 heteroatoms. The molecule has 0 amide bonds. The fourth-order valence-electron chi connectivity index (χ4n) is 0.900. The molecular formula is C10H11NO2. The van der Waals surface area contributed by atoms with Gasteiger partial charge in [0.15, 0.2) is 0 Å². The van der Waals surface area contributed by atoms with Crippen molar-refractivity contribution in [2.75, 3.05) is 7.11 Å². The average molecular weight is 177 g/mol. The summed E-state index contributed by atoms with van der Waals surface area (Å²) < 4.78 is 4.45. The smallest absolute Gasteiger partial charge is 0.332 e. The predicted molar refractivity (Wildman–Crippen MR) is 50.6 cm³/mol. The van der Waals surface area contributed by atoms with E-state index < -0.39 is 5.97 Å². The largest absolute Gasteiger partial charge is 0.466 e. The topological polar surface area (TPSA) is 52.3 Å². The number of esters is 1. The average Bonchev–Trinajstić information content (AvgIpc) is 2.19. The van der Waals surface area contributed by atoms with Crippen molar-refractivity contribution >= 4 is 11.7 Å². The minimum absolute atomic E-state index is 0.410. The Morgan fingerprint density at radius 2 is 2.00 bits per heavy atom. The van der Waals surface area contributed by atoms with E-state index in [2.05, 4.69) is 4.74 Å². The van der Waals surface area contributed by atoms with Crippen molar-refractivity contribution in [1.82, 2.24) is 0 Å². The van der Waals surface area contributed by atoms with Crippen molar-refractivity contribution < 1.29 is 9.53 Å². The highest BCUT2D eigenvalue weighted by molar-refractivity contribution is 5.90. The van der Waals surface area contributed by atoms with E-state index in [0.717, 1.165) is 5.56 Å². The Hall–Kier alpha value is -1.77. The van der Waals surface area contributed by atoms with Gasteiger partial charge in [0.05, 0.1) is 7.11 Å². The van der Waals surface area contributed by atoms with Gasteiger partial charge >= 0.3 is 5.97 Å². The standard InChI is InChI=1S/C10H11NO2/c1-13-10(12)7-9(11)8-5-3-2-4-6-8/h2-7H,11H2,1H3. The normalized spacial score (nSPS) is 11.0. The Bertz CT molecular complexity index is 317. The summed E-state index contributed by atoms with van der Waals surface area (Å²) in [5.74, 6) is -0.443. The Labute approximate surface area is 76.8 Å². The van der Waals surface area contributed by atoms with Gasteiger partial charge in [-0.25, -0.2) is 4.79 Å². The molecule has 0 unspecified atom stereocenters. The zero-order valence-corrected chi connectivity index (χ0v) is 7.36. The quantitative estimate of drug-likeness (QED) is 0.544. The van der Waals surface area contributed by atoms with Crippen LogP contribution in [0.4, 0.5) is 0 Å². The summed E-state index contributed by atoms with van der Waals surface area (Å²) in [7, 11) is 1.32. The Morgan fingerprint density at radius 3 is 2.54 bits per heavy atom. The maximum atomic E-state index is 10.8. The van der Waals surface area contributed by atoms with Crippen LogP contribution in [0, 0.1) is 0 Å². The molecule has 0 fully saturated rings. The molecule has 0 bridgehead atoms. The van der Waals surface area contributed by atoms with Gasteiger partial charge in [0.25, 0.3) is 0 Å². The first-order valence-corrected chi connectivity index (χ1v) is 3.84. The third kappa shape index (κ3) is 2.63. The first-order chi connectivity index (χ1) is 6.24. The van der Waals surface area contributed by atoms with Crippen LogP contribution in [-0.4, -0.2) is 13.1 Å². The van der Waals surface area contributed by atoms with Crippen LogP contribution in [0.2, 0.25) is 0 Å². The summed E-state index contributed by atoms with van der Waals surface area (Å²) in [6.45, 7) is 0. The van der Waals surface area contributed by atoms with E-state index in [9.17, 15) is 4.79 Å². The summed E-state index contributed by atoms with van der Waals surface area (Å²) in [6.07, 6.45) is 1.26. The van der Waals surface area contributed by atoms with Gasteiger partial charge < -0.3 is 10.5 Å². The highest BCUT2D eigenvalue weighted by Crippen LogP contribution is 2.07. The molecule has 2 N–H and O–H groups in total. The van der Waals surface area contributed by atoms with Gasteiger partial charge in [-0.3, -0.25) is 0 Å². The zero-order valence-electron chi connectivity index (χ0n) is 7.36. The molecule has 1 rings (SSSR count). The first-order valence-electron chi connectivity index (χ1n) is 3.84. The van der Waals surface area contributed by atoms with Crippen LogP contribution < -0.4 is 5.73 Å². The molecule has 0 aliphatic rings. The highest BCUT2D eigenvalue weighted by Gasteiger charge is 1.98. The van der Waals surface area contributed by atoms with Crippen LogP contribution >= 0.6 is 0 Å². The molecule has 1 aromatic rings. The lowest BCUT2D eigenvalue weighted by molar-refractivity contribution is -0.134. The van der Waals surface area contributed by atoms with Gasteiger partial charge in [0.1, 0.15) is 0 Å². The second-order valence-corrected chi connectivity index (χ2v) is 2.49. The van der Waals surface area contributed by atoms with Crippen LogP contribution in [-0.2, 0) is 9.53 Å². The molecule has 0 atom stereocenters.